The Labute approximate surface area is 123 Å². The van der Waals surface area contributed by atoms with Crippen LogP contribution in [0, 0.1) is 0 Å². The lowest BCUT2D eigenvalue weighted by atomic mass is 10.0. The Morgan fingerprint density at radius 1 is 1.52 bits per heavy atom. The molecule has 1 aromatic heterocycles. The van der Waals surface area contributed by atoms with Crippen molar-refractivity contribution in [2.45, 2.75) is 37.7 Å². The molecule has 0 aromatic carbocycles. The fourth-order valence-electron chi connectivity index (χ4n) is 3.12. The van der Waals surface area contributed by atoms with Crippen LogP contribution in [0.1, 0.15) is 37.3 Å². The molecular weight excluding hydrogens is 270 g/mol. The van der Waals surface area contributed by atoms with Crippen LogP contribution in [0.4, 0.5) is 10.6 Å². The van der Waals surface area contributed by atoms with Crippen LogP contribution in [0.15, 0.2) is 11.1 Å². The van der Waals surface area contributed by atoms with Gasteiger partial charge in [0.25, 0.3) is 0 Å². The molecule has 1 N–H and O–H groups in total. The van der Waals surface area contributed by atoms with Gasteiger partial charge in [-0.15, -0.1) is 0 Å². The summed E-state index contributed by atoms with van der Waals surface area (Å²) in [7, 11) is 1.92. The van der Waals surface area contributed by atoms with Crippen molar-refractivity contribution >= 4 is 18.6 Å². The zero-order chi connectivity index (χ0) is 14.8. The topological polar surface area (TPSA) is 73.8 Å². The molecule has 2 fully saturated rings. The van der Waals surface area contributed by atoms with Crippen LogP contribution >= 0.6 is 0 Å². The minimum Gasteiger partial charge on any atom is -0.445 e. The fraction of sp³-hybridized carbons (Fsp3) is 0.643. The lowest BCUT2D eigenvalue weighted by Crippen LogP contribution is -2.40. The maximum atomic E-state index is 12.1. The van der Waals surface area contributed by atoms with E-state index < -0.39 is 0 Å². The van der Waals surface area contributed by atoms with Crippen molar-refractivity contribution in [2.24, 2.45) is 4.99 Å². The molecule has 1 saturated carbocycles. The van der Waals surface area contributed by atoms with Crippen LogP contribution in [0.2, 0.25) is 0 Å². The number of rotatable bonds is 3. The van der Waals surface area contributed by atoms with Gasteiger partial charge >= 0.3 is 6.09 Å². The van der Waals surface area contributed by atoms with Gasteiger partial charge in [-0.05, 0) is 32.4 Å². The highest BCUT2D eigenvalue weighted by Gasteiger charge is 2.32. The largest absolute Gasteiger partial charge is 0.445 e. The molecule has 0 bridgehead atoms. The summed E-state index contributed by atoms with van der Waals surface area (Å²) in [5.74, 6) is 0.964. The van der Waals surface area contributed by atoms with Gasteiger partial charge in [0.05, 0.1) is 0 Å². The first kappa shape index (κ1) is 14.1. The molecule has 1 amide bonds. The van der Waals surface area contributed by atoms with E-state index in [1.807, 2.05) is 18.1 Å². The predicted molar refractivity (Wildman–Crippen MR) is 78.6 cm³/mol. The number of nitrogens with one attached hydrogen (secondary N) is 1. The van der Waals surface area contributed by atoms with Gasteiger partial charge in [-0.1, -0.05) is 0 Å². The second-order valence-corrected chi connectivity index (χ2v) is 5.71. The van der Waals surface area contributed by atoms with E-state index >= 15 is 0 Å². The van der Waals surface area contributed by atoms with Crippen molar-refractivity contribution in [1.29, 1.82) is 0 Å². The molecule has 21 heavy (non-hydrogen) atoms. The van der Waals surface area contributed by atoms with Crippen molar-refractivity contribution in [3.8, 4) is 0 Å². The summed E-state index contributed by atoms with van der Waals surface area (Å²) < 4.78 is 5.63. The van der Waals surface area contributed by atoms with E-state index in [-0.39, 0.29) is 12.2 Å². The lowest BCUT2D eigenvalue weighted by Gasteiger charge is -2.25. The number of hydrogen-bond donors (Lipinski definition) is 1. The van der Waals surface area contributed by atoms with Gasteiger partial charge < -0.3 is 4.74 Å². The van der Waals surface area contributed by atoms with Gasteiger partial charge in [0, 0.05) is 37.8 Å². The summed E-state index contributed by atoms with van der Waals surface area (Å²) in [5, 5.41) is 10.7. The maximum absolute atomic E-state index is 12.1. The first-order valence-corrected chi connectivity index (χ1v) is 7.38. The predicted octanol–water partition coefficient (Wildman–Crippen LogP) is 2.07. The summed E-state index contributed by atoms with van der Waals surface area (Å²) in [4.78, 5) is 15.9. The Morgan fingerprint density at radius 3 is 3.05 bits per heavy atom. The van der Waals surface area contributed by atoms with Gasteiger partial charge in [-0.3, -0.25) is 5.10 Å². The zero-order valence-corrected chi connectivity index (χ0v) is 12.3. The standard InChI is InChI=1S/C14H21N5O2/c1-15-13-9-12(16-17-13)10-4-5-11(8-10)21-14(20)19-7-3-6-18(19)2/h9-11H,1,3-8H2,2H3,(H,16,17). The van der Waals surface area contributed by atoms with Crippen molar-refractivity contribution in [3.63, 3.8) is 0 Å². The normalized spacial score (nSPS) is 26.2. The van der Waals surface area contributed by atoms with Crippen LogP contribution in [-0.4, -0.2) is 59.3 Å². The van der Waals surface area contributed by atoms with E-state index in [0.29, 0.717) is 11.7 Å². The number of carbonyl (C=O) groups excluding carboxylic acids is 1. The monoisotopic (exact) mass is 291 g/mol. The molecule has 1 aliphatic heterocycles. The molecule has 2 atom stereocenters. The van der Waals surface area contributed by atoms with Gasteiger partial charge in [-0.25, -0.2) is 19.8 Å². The number of aromatic amines is 1. The summed E-state index contributed by atoms with van der Waals surface area (Å²) in [6.45, 7) is 5.13. The number of ether oxygens (including phenoxy) is 1. The quantitative estimate of drug-likeness (QED) is 0.865. The van der Waals surface area contributed by atoms with Crippen LogP contribution in [0.5, 0.6) is 0 Å². The SMILES string of the molecule is C=Nc1cc(C2CCC(OC(=O)N3CCCN3C)C2)[nH]n1. The molecule has 114 valence electrons. The van der Waals surface area contributed by atoms with Crippen LogP contribution < -0.4 is 0 Å². The molecule has 2 unspecified atom stereocenters. The Balaban J connectivity index is 1.54. The first-order chi connectivity index (χ1) is 10.2. The van der Waals surface area contributed by atoms with Crippen LogP contribution in [-0.2, 0) is 4.74 Å². The highest BCUT2D eigenvalue weighted by molar-refractivity contribution is 5.67. The van der Waals surface area contributed by atoms with Crippen molar-refractivity contribution < 1.29 is 9.53 Å². The van der Waals surface area contributed by atoms with Crippen LogP contribution in [0.3, 0.4) is 0 Å². The van der Waals surface area contributed by atoms with Crippen molar-refractivity contribution in [2.75, 3.05) is 20.1 Å². The molecule has 7 heteroatoms. The average Bonchev–Trinajstić information content (AvgIpc) is 3.17. The second kappa shape index (κ2) is 5.85. The Morgan fingerprint density at radius 2 is 2.38 bits per heavy atom. The van der Waals surface area contributed by atoms with Gasteiger partial charge in [0.1, 0.15) is 6.10 Å². The molecule has 0 radical (unpaired) electrons. The average molecular weight is 291 g/mol. The van der Waals surface area contributed by atoms with Gasteiger partial charge in [0.2, 0.25) is 0 Å². The van der Waals surface area contributed by atoms with Gasteiger partial charge in [-0.2, -0.15) is 5.10 Å². The van der Waals surface area contributed by atoms with Crippen molar-refractivity contribution in [1.82, 2.24) is 20.2 Å². The molecule has 3 rings (SSSR count). The smallest absolute Gasteiger partial charge is 0.424 e. The Kier molecular flexibility index (Phi) is 3.92. The third-order valence-corrected chi connectivity index (χ3v) is 4.31. The number of amides is 1. The Bertz CT molecular complexity index is 529. The number of hydrogen-bond acceptors (Lipinski definition) is 5. The summed E-state index contributed by atoms with van der Waals surface area (Å²) in [5.41, 5.74) is 1.05. The number of carbonyl (C=O) groups is 1. The van der Waals surface area contributed by atoms with E-state index in [1.54, 1.807) is 5.01 Å². The lowest BCUT2D eigenvalue weighted by molar-refractivity contribution is 0.00895. The zero-order valence-electron chi connectivity index (χ0n) is 12.3. The Hall–Kier alpha value is -1.89. The highest BCUT2D eigenvalue weighted by Crippen LogP contribution is 2.36. The molecule has 1 saturated heterocycles. The van der Waals surface area contributed by atoms with Crippen LogP contribution in [0.25, 0.3) is 0 Å². The first-order valence-electron chi connectivity index (χ1n) is 7.38. The molecule has 2 aliphatic rings. The minimum atomic E-state index is -0.223. The van der Waals surface area contributed by atoms with E-state index in [9.17, 15) is 4.79 Å². The molecular formula is C14H21N5O2. The molecule has 2 heterocycles. The maximum Gasteiger partial charge on any atom is 0.424 e. The van der Waals surface area contributed by atoms with E-state index in [1.165, 1.54) is 0 Å². The number of nitrogens with zero attached hydrogens (tertiary/aromatic N) is 4. The summed E-state index contributed by atoms with van der Waals surface area (Å²) in [6, 6.07) is 1.91. The van der Waals surface area contributed by atoms with E-state index in [0.717, 1.165) is 44.5 Å². The van der Waals surface area contributed by atoms with Crippen molar-refractivity contribution in [3.05, 3.63) is 11.8 Å². The minimum absolute atomic E-state index is 0.0139. The number of H-pyrrole nitrogens is 1. The number of aromatic nitrogens is 2. The molecule has 0 spiro atoms. The molecule has 7 nitrogen and oxygen atoms in total. The van der Waals surface area contributed by atoms with E-state index in [2.05, 4.69) is 21.9 Å². The summed E-state index contributed by atoms with van der Waals surface area (Å²) >= 11 is 0. The highest BCUT2D eigenvalue weighted by atomic mass is 16.6. The summed E-state index contributed by atoms with van der Waals surface area (Å²) in [6.07, 6.45) is 3.49. The molecule has 1 aromatic rings. The third kappa shape index (κ3) is 2.92. The second-order valence-electron chi connectivity index (χ2n) is 5.71. The van der Waals surface area contributed by atoms with Gasteiger partial charge in [0.15, 0.2) is 5.82 Å². The number of hydrazine groups is 1. The number of aliphatic imine (C=N–C) groups is 1. The third-order valence-electron chi connectivity index (χ3n) is 4.31. The molecule has 1 aliphatic carbocycles. The fourth-order valence-corrected chi connectivity index (χ4v) is 3.12. The van der Waals surface area contributed by atoms with E-state index in [4.69, 9.17) is 4.74 Å².